The molecule has 0 bridgehead atoms. The van der Waals surface area contributed by atoms with E-state index < -0.39 is 0 Å². The summed E-state index contributed by atoms with van der Waals surface area (Å²) in [5.74, 6) is -0.221. The SMILES string of the molecule is Cn1nnc(Cl)c1-c1cc(C(=O)NC(CN)Cc2ccccc2)sc1Cl. The summed E-state index contributed by atoms with van der Waals surface area (Å²) in [5, 5.41) is 10.9. The summed E-state index contributed by atoms with van der Waals surface area (Å²) in [6.07, 6.45) is 0.659. The number of carbonyl (C=O) groups is 1. The number of aryl methyl sites for hydroxylation is 1. The smallest absolute Gasteiger partial charge is 0.261 e. The summed E-state index contributed by atoms with van der Waals surface area (Å²) in [6.45, 7) is 0.337. The van der Waals surface area contributed by atoms with Gasteiger partial charge in [-0.1, -0.05) is 58.7 Å². The molecule has 3 N–H and O–H groups in total. The van der Waals surface area contributed by atoms with Crippen molar-refractivity contribution in [3.63, 3.8) is 0 Å². The van der Waals surface area contributed by atoms with Crippen LogP contribution in [-0.2, 0) is 13.5 Å². The van der Waals surface area contributed by atoms with Crippen LogP contribution in [0.4, 0.5) is 0 Å². The number of nitrogens with one attached hydrogen (secondary N) is 1. The van der Waals surface area contributed by atoms with Crippen molar-refractivity contribution in [3.8, 4) is 11.3 Å². The van der Waals surface area contributed by atoms with Crippen LogP contribution < -0.4 is 11.1 Å². The highest BCUT2D eigenvalue weighted by atomic mass is 35.5. The zero-order valence-corrected chi connectivity index (χ0v) is 16.3. The molecule has 6 nitrogen and oxygen atoms in total. The molecule has 2 heterocycles. The van der Waals surface area contributed by atoms with Gasteiger partial charge < -0.3 is 11.1 Å². The molecule has 26 heavy (non-hydrogen) atoms. The Balaban J connectivity index is 1.77. The molecule has 0 fully saturated rings. The Kier molecular flexibility index (Phi) is 5.93. The Morgan fingerprint density at radius 1 is 1.35 bits per heavy atom. The number of hydrogen-bond acceptors (Lipinski definition) is 5. The largest absolute Gasteiger partial charge is 0.347 e. The lowest BCUT2D eigenvalue weighted by Crippen LogP contribution is -2.41. The molecule has 0 saturated carbocycles. The minimum atomic E-state index is -0.221. The molecule has 1 unspecified atom stereocenters. The summed E-state index contributed by atoms with van der Waals surface area (Å²) in [4.78, 5) is 13.1. The summed E-state index contributed by atoms with van der Waals surface area (Å²) in [7, 11) is 1.71. The first kappa shape index (κ1) is 18.8. The van der Waals surface area contributed by atoms with E-state index in [4.69, 9.17) is 28.9 Å². The standard InChI is InChI=1S/C17H17Cl2N5OS/c1-24-14(15(18)22-23-24)12-8-13(26-16(12)19)17(25)21-11(9-20)7-10-5-3-2-4-6-10/h2-6,8,11H,7,9,20H2,1H3,(H,21,25). The van der Waals surface area contributed by atoms with Crippen LogP contribution in [0.25, 0.3) is 11.3 Å². The van der Waals surface area contributed by atoms with Crippen molar-refractivity contribution in [2.24, 2.45) is 12.8 Å². The Hall–Kier alpha value is -1.93. The van der Waals surface area contributed by atoms with Crippen molar-refractivity contribution in [2.45, 2.75) is 12.5 Å². The van der Waals surface area contributed by atoms with Gasteiger partial charge in [0.1, 0.15) is 10.0 Å². The van der Waals surface area contributed by atoms with Crippen molar-refractivity contribution in [1.29, 1.82) is 0 Å². The van der Waals surface area contributed by atoms with E-state index in [1.807, 2.05) is 30.3 Å². The van der Waals surface area contributed by atoms with Crippen LogP contribution in [0.2, 0.25) is 9.49 Å². The number of hydrogen-bond donors (Lipinski definition) is 2. The number of nitrogens with two attached hydrogens (primary N) is 1. The quantitative estimate of drug-likeness (QED) is 0.654. The fraction of sp³-hybridized carbons (Fsp3) is 0.235. The van der Waals surface area contributed by atoms with Crippen molar-refractivity contribution in [2.75, 3.05) is 6.54 Å². The van der Waals surface area contributed by atoms with Gasteiger partial charge in [0.15, 0.2) is 5.15 Å². The third kappa shape index (κ3) is 4.07. The number of benzene rings is 1. The van der Waals surface area contributed by atoms with E-state index in [9.17, 15) is 4.79 Å². The summed E-state index contributed by atoms with van der Waals surface area (Å²) in [5.41, 5.74) is 8.14. The van der Waals surface area contributed by atoms with Crippen molar-refractivity contribution in [1.82, 2.24) is 20.3 Å². The molecule has 1 amide bonds. The van der Waals surface area contributed by atoms with Gasteiger partial charge in [-0.15, -0.1) is 16.4 Å². The van der Waals surface area contributed by atoms with Crippen LogP contribution in [0.3, 0.4) is 0 Å². The molecule has 2 aromatic heterocycles. The van der Waals surface area contributed by atoms with Crippen molar-refractivity contribution < 1.29 is 4.79 Å². The highest BCUT2D eigenvalue weighted by molar-refractivity contribution is 7.18. The van der Waals surface area contributed by atoms with Gasteiger partial charge >= 0.3 is 0 Å². The molecule has 3 rings (SSSR count). The minimum absolute atomic E-state index is 0.170. The minimum Gasteiger partial charge on any atom is -0.347 e. The predicted octanol–water partition coefficient (Wildman–Crippen LogP) is 3.15. The van der Waals surface area contributed by atoms with Gasteiger partial charge in [-0.2, -0.15) is 0 Å². The maximum Gasteiger partial charge on any atom is 0.261 e. The fourth-order valence-electron chi connectivity index (χ4n) is 2.61. The molecule has 0 aliphatic heterocycles. The Labute approximate surface area is 164 Å². The molecular weight excluding hydrogens is 393 g/mol. The third-order valence-electron chi connectivity index (χ3n) is 3.90. The molecular formula is C17H17Cl2N5OS. The van der Waals surface area contributed by atoms with Crippen molar-refractivity contribution in [3.05, 3.63) is 56.3 Å². The first-order valence-corrected chi connectivity index (χ1v) is 9.46. The number of halogens is 2. The van der Waals surface area contributed by atoms with E-state index in [0.717, 1.165) is 5.56 Å². The molecule has 1 atom stereocenters. The van der Waals surface area contributed by atoms with Gasteiger partial charge in [0, 0.05) is 25.2 Å². The molecule has 0 aliphatic rings. The summed E-state index contributed by atoms with van der Waals surface area (Å²) < 4.78 is 1.98. The molecule has 0 saturated heterocycles. The highest BCUT2D eigenvalue weighted by Crippen LogP contribution is 2.37. The van der Waals surface area contributed by atoms with Gasteiger partial charge in [0.05, 0.1) is 4.88 Å². The molecule has 0 radical (unpaired) electrons. The lowest BCUT2D eigenvalue weighted by molar-refractivity contribution is 0.0942. The van der Waals surface area contributed by atoms with Crippen LogP contribution in [0.1, 0.15) is 15.2 Å². The Morgan fingerprint density at radius 2 is 2.08 bits per heavy atom. The van der Waals surface area contributed by atoms with E-state index in [0.29, 0.717) is 33.4 Å². The molecule has 1 aromatic carbocycles. The van der Waals surface area contributed by atoms with Crippen molar-refractivity contribution >= 4 is 40.4 Å². The van der Waals surface area contributed by atoms with Crippen LogP contribution in [0.15, 0.2) is 36.4 Å². The lowest BCUT2D eigenvalue weighted by Gasteiger charge is -2.16. The predicted molar refractivity (Wildman–Crippen MR) is 105 cm³/mol. The normalized spacial score (nSPS) is 12.2. The average molecular weight is 410 g/mol. The van der Waals surface area contributed by atoms with Gasteiger partial charge in [-0.3, -0.25) is 4.79 Å². The first-order valence-electron chi connectivity index (χ1n) is 7.89. The van der Waals surface area contributed by atoms with E-state index in [1.54, 1.807) is 13.1 Å². The highest BCUT2D eigenvalue weighted by Gasteiger charge is 2.21. The monoisotopic (exact) mass is 409 g/mol. The second-order valence-electron chi connectivity index (χ2n) is 5.75. The number of nitrogens with zero attached hydrogens (tertiary/aromatic N) is 3. The van der Waals surface area contributed by atoms with Crippen LogP contribution >= 0.6 is 34.5 Å². The lowest BCUT2D eigenvalue weighted by atomic mass is 10.1. The Bertz CT molecular complexity index is 890. The van der Waals surface area contributed by atoms with E-state index in [-0.39, 0.29) is 17.1 Å². The van der Waals surface area contributed by atoms with Gasteiger partial charge in [-0.25, -0.2) is 4.68 Å². The van der Waals surface area contributed by atoms with Gasteiger partial charge in [0.25, 0.3) is 5.91 Å². The zero-order valence-electron chi connectivity index (χ0n) is 13.9. The second-order valence-corrected chi connectivity index (χ2v) is 7.76. The third-order valence-corrected chi connectivity index (χ3v) is 5.51. The number of thiophene rings is 1. The first-order chi connectivity index (χ1) is 12.5. The number of amides is 1. The maximum atomic E-state index is 12.6. The van der Waals surface area contributed by atoms with E-state index in [2.05, 4.69) is 15.6 Å². The van der Waals surface area contributed by atoms with Crippen LogP contribution in [0.5, 0.6) is 0 Å². The average Bonchev–Trinajstić information content (AvgIpc) is 3.17. The van der Waals surface area contributed by atoms with Gasteiger partial charge in [-0.05, 0) is 18.1 Å². The number of aromatic nitrogens is 3. The zero-order chi connectivity index (χ0) is 18.7. The summed E-state index contributed by atoms with van der Waals surface area (Å²) >= 11 is 13.6. The van der Waals surface area contributed by atoms with E-state index in [1.165, 1.54) is 16.0 Å². The fourth-order valence-corrected chi connectivity index (χ4v) is 4.05. The second kappa shape index (κ2) is 8.18. The van der Waals surface area contributed by atoms with Crippen LogP contribution in [0, 0.1) is 0 Å². The molecule has 0 aliphatic carbocycles. The molecule has 9 heteroatoms. The summed E-state index contributed by atoms with van der Waals surface area (Å²) in [6, 6.07) is 11.4. The maximum absolute atomic E-state index is 12.6. The number of carbonyl (C=O) groups excluding carboxylic acids is 1. The topological polar surface area (TPSA) is 85.8 Å². The number of rotatable bonds is 6. The van der Waals surface area contributed by atoms with Gasteiger partial charge in [0.2, 0.25) is 0 Å². The molecule has 3 aromatic rings. The molecule has 136 valence electrons. The van der Waals surface area contributed by atoms with Crippen LogP contribution in [-0.4, -0.2) is 33.5 Å². The van der Waals surface area contributed by atoms with E-state index >= 15 is 0 Å². The Morgan fingerprint density at radius 3 is 2.69 bits per heavy atom. The molecule has 0 spiro atoms.